The summed E-state index contributed by atoms with van der Waals surface area (Å²) >= 11 is 0. The smallest absolute Gasteiger partial charge is 0.337 e. The normalized spacial score (nSPS) is 15.7. The highest BCUT2D eigenvalue weighted by Crippen LogP contribution is 2.23. The monoisotopic (exact) mass is 335 g/mol. The van der Waals surface area contributed by atoms with Crippen molar-refractivity contribution in [3.05, 3.63) is 76.9 Å². The Morgan fingerprint density at radius 3 is 2.40 bits per heavy atom. The maximum Gasteiger partial charge on any atom is 0.337 e. The first-order valence-electron chi connectivity index (χ1n) is 7.86. The fraction of sp³-hybridized carbons (Fsp3) is 0.150. The Bertz CT molecular complexity index is 838. The summed E-state index contributed by atoms with van der Waals surface area (Å²) in [7, 11) is 1.32. The molecule has 0 spiro atoms. The Morgan fingerprint density at radius 1 is 1.08 bits per heavy atom. The van der Waals surface area contributed by atoms with Gasteiger partial charge < -0.3 is 4.74 Å². The summed E-state index contributed by atoms with van der Waals surface area (Å²) in [5.74, 6) is -0.891. The van der Waals surface area contributed by atoms with Gasteiger partial charge in [-0.25, -0.2) is 4.79 Å². The van der Waals surface area contributed by atoms with Gasteiger partial charge in [-0.05, 0) is 29.3 Å². The Kier molecular flexibility index (Phi) is 4.75. The molecule has 1 heterocycles. The van der Waals surface area contributed by atoms with Crippen molar-refractivity contribution in [1.82, 2.24) is 4.90 Å². The van der Waals surface area contributed by atoms with Crippen LogP contribution in [0, 0.1) is 0 Å². The zero-order chi connectivity index (χ0) is 17.8. The summed E-state index contributed by atoms with van der Waals surface area (Å²) in [5.41, 5.74) is 2.55. The molecular formula is C20H17NO4. The minimum Gasteiger partial charge on any atom is -0.465 e. The van der Waals surface area contributed by atoms with Crippen LogP contribution in [0.4, 0.5) is 0 Å². The molecule has 1 saturated heterocycles. The molecule has 25 heavy (non-hydrogen) atoms. The van der Waals surface area contributed by atoms with E-state index < -0.39 is 5.97 Å². The largest absolute Gasteiger partial charge is 0.465 e. The van der Waals surface area contributed by atoms with Gasteiger partial charge in [0.25, 0.3) is 5.91 Å². The minimum atomic E-state index is -0.416. The standard InChI is InChI=1S/C20H17NO4/c1-25-20(24)16-9-7-14(8-10-16)11-17-12-18(22)21(19(17)23)13-15-5-3-2-4-6-15/h2-11H,12-13H2,1H3/b17-11+. The van der Waals surface area contributed by atoms with Gasteiger partial charge in [0.2, 0.25) is 5.91 Å². The molecule has 5 heteroatoms. The van der Waals surface area contributed by atoms with E-state index in [9.17, 15) is 14.4 Å². The number of ether oxygens (including phenoxy) is 1. The van der Waals surface area contributed by atoms with Crippen LogP contribution in [0.25, 0.3) is 6.08 Å². The quantitative estimate of drug-likeness (QED) is 0.490. The van der Waals surface area contributed by atoms with E-state index >= 15 is 0 Å². The van der Waals surface area contributed by atoms with Crippen LogP contribution in [0.1, 0.15) is 27.9 Å². The van der Waals surface area contributed by atoms with Gasteiger partial charge in [0.05, 0.1) is 25.6 Å². The number of amides is 2. The summed E-state index contributed by atoms with van der Waals surface area (Å²) in [6, 6.07) is 16.1. The lowest BCUT2D eigenvalue weighted by Crippen LogP contribution is -2.28. The van der Waals surface area contributed by atoms with Crippen molar-refractivity contribution < 1.29 is 19.1 Å². The predicted octanol–water partition coefficient (Wildman–Crippen LogP) is 2.82. The summed E-state index contributed by atoms with van der Waals surface area (Å²) in [6.07, 6.45) is 1.77. The Balaban J connectivity index is 1.77. The molecule has 0 N–H and O–H groups in total. The van der Waals surface area contributed by atoms with E-state index in [4.69, 9.17) is 0 Å². The zero-order valence-corrected chi connectivity index (χ0v) is 13.8. The second-order valence-electron chi connectivity index (χ2n) is 5.73. The van der Waals surface area contributed by atoms with Gasteiger partial charge in [0.1, 0.15) is 0 Å². The van der Waals surface area contributed by atoms with Crippen LogP contribution in [-0.2, 0) is 20.9 Å². The SMILES string of the molecule is COC(=O)c1ccc(/C=C2\CC(=O)N(Cc3ccccc3)C2=O)cc1. The number of carbonyl (C=O) groups excluding carboxylic acids is 3. The second kappa shape index (κ2) is 7.13. The van der Waals surface area contributed by atoms with Crippen molar-refractivity contribution in [2.75, 3.05) is 7.11 Å². The van der Waals surface area contributed by atoms with Crippen LogP contribution in [0.5, 0.6) is 0 Å². The Morgan fingerprint density at radius 2 is 1.76 bits per heavy atom. The fourth-order valence-electron chi connectivity index (χ4n) is 2.69. The van der Waals surface area contributed by atoms with Crippen molar-refractivity contribution >= 4 is 23.9 Å². The summed E-state index contributed by atoms with van der Waals surface area (Å²) in [4.78, 5) is 37.4. The lowest BCUT2D eigenvalue weighted by Gasteiger charge is -2.13. The second-order valence-corrected chi connectivity index (χ2v) is 5.73. The Labute approximate surface area is 145 Å². The van der Waals surface area contributed by atoms with Crippen LogP contribution in [0.3, 0.4) is 0 Å². The molecule has 0 unspecified atom stereocenters. The van der Waals surface area contributed by atoms with Gasteiger partial charge in [0, 0.05) is 5.57 Å². The molecule has 0 saturated carbocycles. The molecule has 0 bridgehead atoms. The first-order chi connectivity index (χ1) is 12.1. The first-order valence-corrected chi connectivity index (χ1v) is 7.86. The average Bonchev–Trinajstić information content (AvgIpc) is 2.90. The third-order valence-corrected chi connectivity index (χ3v) is 4.02. The van der Waals surface area contributed by atoms with Crippen LogP contribution in [0.2, 0.25) is 0 Å². The first kappa shape index (κ1) is 16.6. The molecule has 2 aromatic rings. The van der Waals surface area contributed by atoms with Crippen LogP contribution in [0.15, 0.2) is 60.2 Å². The zero-order valence-electron chi connectivity index (χ0n) is 13.8. The maximum absolute atomic E-state index is 12.5. The highest BCUT2D eigenvalue weighted by molar-refractivity contribution is 6.15. The number of esters is 1. The molecule has 0 aliphatic carbocycles. The maximum atomic E-state index is 12.5. The number of likely N-dealkylation sites (tertiary alicyclic amines) is 1. The van der Waals surface area contributed by atoms with Crippen LogP contribution in [-0.4, -0.2) is 29.8 Å². The summed E-state index contributed by atoms with van der Waals surface area (Å²) in [5, 5.41) is 0. The fourth-order valence-corrected chi connectivity index (χ4v) is 2.69. The number of carbonyl (C=O) groups is 3. The molecular weight excluding hydrogens is 318 g/mol. The molecule has 2 aromatic carbocycles. The molecule has 1 aliphatic heterocycles. The van der Waals surface area contributed by atoms with Crippen LogP contribution >= 0.6 is 0 Å². The van der Waals surface area contributed by atoms with Gasteiger partial charge in [-0.15, -0.1) is 0 Å². The Hall–Kier alpha value is -3.21. The lowest BCUT2D eigenvalue weighted by molar-refractivity contribution is -0.138. The molecule has 5 nitrogen and oxygen atoms in total. The van der Waals surface area contributed by atoms with Crippen molar-refractivity contribution in [1.29, 1.82) is 0 Å². The number of imide groups is 1. The lowest BCUT2D eigenvalue weighted by atomic mass is 10.1. The number of hydrogen-bond donors (Lipinski definition) is 0. The van der Waals surface area contributed by atoms with Gasteiger partial charge in [-0.1, -0.05) is 42.5 Å². The number of hydrogen-bond acceptors (Lipinski definition) is 4. The van der Waals surface area contributed by atoms with Gasteiger partial charge in [-0.2, -0.15) is 0 Å². The topological polar surface area (TPSA) is 63.7 Å². The number of methoxy groups -OCH3 is 1. The molecule has 0 aromatic heterocycles. The van der Waals surface area contributed by atoms with Gasteiger partial charge in [0.15, 0.2) is 0 Å². The van der Waals surface area contributed by atoms with E-state index in [-0.39, 0.29) is 24.8 Å². The number of benzene rings is 2. The van der Waals surface area contributed by atoms with E-state index in [1.807, 2.05) is 30.3 Å². The number of rotatable bonds is 4. The van der Waals surface area contributed by atoms with E-state index in [2.05, 4.69) is 4.74 Å². The van der Waals surface area contributed by atoms with E-state index in [1.54, 1.807) is 30.3 Å². The third-order valence-electron chi connectivity index (χ3n) is 4.02. The molecule has 1 fully saturated rings. The van der Waals surface area contributed by atoms with E-state index in [0.29, 0.717) is 11.1 Å². The highest BCUT2D eigenvalue weighted by Gasteiger charge is 2.33. The molecule has 2 amide bonds. The average molecular weight is 335 g/mol. The van der Waals surface area contributed by atoms with E-state index in [0.717, 1.165) is 11.1 Å². The van der Waals surface area contributed by atoms with E-state index in [1.165, 1.54) is 12.0 Å². The molecule has 1 aliphatic rings. The molecule has 0 atom stereocenters. The van der Waals surface area contributed by atoms with Crippen molar-refractivity contribution in [2.45, 2.75) is 13.0 Å². The molecule has 126 valence electrons. The van der Waals surface area contributed by atoms with Crippen LogP contribution < -0.4 is 0 Å². The summed E-state index contributed by atoms with van der Waals surface area (Å²) in [6.45, 7) is 0.275. The molecule has 3 rings (SSSR count). The minimum absolute atomic E-state index is 0.0877. The van der Waals surface area contributed by atoms with Crippen molar-refractivity contribution in [3.63, 3.8) is 0 Å². The number of nitrogens with zero attached hydrogens (tertiary/aromatic N) is 1. The summed E-state index contributed by atoms with van der Waals surface area (Å²) < 4.78 is 4.65. The highest BCUT2D eigenvalue weighted by atomic mass is 16.5. The predicted molar refractivity (Wildman–Crippen MR) is 92.4 cm³/mol. The third kappa shape index (κ3) is 3.66. The van der Waals surface area contributed by atoms with Gasteiger partial charge >= 0.3 is 5.97 Å². The van der Waals surface area contributed by atoms with Crippen molar-refractivity contribution in [2.24, 2.45) is 0 Å². The molecule has 0 radical (unpaired) electrons. The van der Waals surface area contributed by atoms with Gasteiger partial charge in [-0.3, -0.25) is 14.5 Å². The van der Waals surface area contributed by atoms with Crippen molar-refractivity contribution in [3.8, 4) is 0 Å².